The van der Waals surface area contributed by atoms with Crippen LogP contribution in [0.5, 0.6) is 0 Å². The summed E-state index contributed by atoms with van der Waals surface area (Å²) in [7, 11) is -3.24. The van der Waals surface area contributed by atoms with Crippen LogP contribution in [-0.2, 0) is 10.0 Å². The molecule has 0 aromatic heterocycles. The minimum absolute atomic E-state index is 0.0418. The number of hydrogen-bond acceptors (Lipinski definition) is 3. The maximum atomic E-state index is 11.9. The van der Waals surface area contributed by atoms with Crippen LogP contribution in [0.3, 0.4) is 0 Å². The van der Waals surface area contributed by atoms with Gasteiger partial charge >= 0.3 is 0 Å². The van der Waals surface area contributed by atoms with Gasteiger partial charge in [-0.1, -0.05) is 13.8 Å². The highest BCUT2D eigenvalue weighted by atomic mass is 32.2. The van der Waals surface area contributed by atoms with E-state index in [1.807, 2.05) is 13.8 Å². The standard InChI is InChI=1S/C9H19N3O2S/c1-7(2)6-15(13,14)12-5-3-4-8(12)9(10)11/h7-8H,3-6H2,1-2H3,(H3,10,11). The van der Waals surface area contributed by atoms with E-state index in [4.69, 9.17) is 11.1 Å². The van der Waals surface area contributed by atoms with Gasteiger partial charge in [0.2, 0.25) is 10.0 Å². The Hall–Kier alpha value is -0.620. The first kappa shape index (κ1) is 12.4. The smallest absolute Gasteiger partial charge is 0.215 e. The van der Waals surface area contributed by atoms with Crippen molar-refractivity contribution in [3.8, 4) is 0 Å². The zero-order valence-electron chi connectivity index (χ0n) is 9.23. The molecule has 1 saturated heterocycles. The first-order valence-electron chi connectivity index (χ1n) is 5.18. The fourth-order valence-electron chi connectivity index (χ4n) is 1.90. The van der Waals surface area contributed by atoms with Crippen molar-refractivity contribution in [1.82, 2.24) is 4.31 Å². The van der Waals surface area contributed by atoms with Crippen LogP contribution in [0.2, 0.25) is 0 Å². The Bertz CT molecular complexity index is 337. The average molecular weight is 233 g/mol. The fraction of sp³-hybridized carbons (Fsp3) is 0.889. The third-order valence-corrected chi connectivity index (χ3v) is 4.70. The van der Waals surface area contributed by atoms with E-state index in [0.717, 1.165) is 6.42 Å². The molecule has 1 aliphatic heterocycles. The molecule has 0 aromatic rings. The number of nitrogens with two attached hydrogens (primary N) is 1. The van der Waals surface area contributed by atoms with Gasteiger partial charge in [-0.3, -0.25) is 5.41 Å². The van der Waals surface area contributed by atoms with E-state index < -0.39 is 16.1 Å². The van der Waals surface area contributed by atoms with Crippen LogP contribution < -0.4 is 5.73 Å². The van der Waals surface area contributed by atoms with Gasteiger partial charge in [0.1, 0.15) is 5.84 Å². The van der Waals surface area contributed by atoms with E-state index in [9.17, 15) is 8.42 Å². The average Bonchev–Trinajstić information content (AvgIpc) is 2.48. The third kappa shape index (κ3) is 2.92. The molecule has 0 aliphatic carbocycles. The van der Waals surface area contributed by atoms with Gasteiger partial charge in [0.05, 0.1) is 11.8 Å². The molecule has 1 atom stereocenters. The van der Waals surface area contributed by atoms with E-state index in [1.54, 1.807) is 0 Å². The first-order valence-corrected chi connectivity index (χ1v) is 6.79. The van der Waals surface area contributed by atoms with Crippen molar-refractivity contribution < 1.29 is 8.42 Å². The molecule has 1 rings (SSSR count). The Balaban J connectivity index is 2.82. The minimum Gasteiger partial charge on any atom is -0.386 e. The summed E-state index contributed by atoms with van der Waals surface area (Å²) < 4.78 is 25.2. The van der Waals surface area contributed by atoms with Crippen molar-refractivity contribution >= 4 is 15.9 Å². The second-order valence-electron chi connectivity index (χ2n) is 4.40. The quantitative estimate of drug-likeness (QED) is 0.543. The molecule has 15 heavy (non-hydrogen) atoms. The van der Waals surface area contributed by atoms with Crippen LogP contribution in [0.25, 0.3) is 0 Å². The Kier molecular flexibility index (Phi) is 3.72. The predicted octanol–water partition coefficient (Wildman–Crippen LogP) is 0.373. The molecular weight excluding hydrogens is 214 g/mol. The van der Waals surface area contributed by atoms with E-state index in [0.29, 0.717) is 13.0 Å². The summed E-state index contributed by atoms with van der Waals surface area (Å²) in [6.07, 6.45) is 1.47. The molecule has 0 spiro atoms. The largest absolute Gasteiger partial charge is 0.386 e. The van der Waals surface area contributed by atoms with Crippen LogP contribution in [-0.4, -0.2) is 36.9 Å². The monoisotopic (exact) mass is 233 g/mol. The van der Waals surface area contributed by atoms with Crippen molar-refractivity contribution in [2.24, 2.45) is 11.7 Å². The molecule has 0 aromatic carbocycles. The molecule has 88 valence electrons. The Morgan fingerprint density at radius 3 is 2.67 bits per heavy atom. The summed E-state index contributed by atoms with van der Waals surface area (Å²) in [6, 6.07) is -0.409. The highest BCUT2D eigenvalue weighted by Gasteiger charge is 2.35. The summed E-state index contributed by atoms with van der Waals surface area (Å²) in [5, 5.41) is 7.36. The summed E-state index contributed by atoms with van der Waals surface area (Å²) in [4.78, 5) is 0. The first-order chi connectivity index (χ1) is 6.84. The van der Waals surface area contributed by atoms with Gasteiger partial charge < -0.3 is 5.73 Å². The van der Waals surface area contributed by atoms with Crippen molar-refractivity contribution in [2.45, 2.75) is 32.7 Å². The zero-order chi connectivity index (χ0) is 11.6. The normalized spacial score (nSPS) is 23.5. The fourth-order valence-corrected chi connectivity index (χ4v) is 3.95. The topological polar surface area (TPSA) is 87.2 Å². The van der Waals surface area contributed by atoms with Crippen molar-refractivity contribution in [1.29, 1.82) is 5.41 Å². The van der Waals surface area contributed by atoms with Gasteiger partial charge in [-0.2, -0.15) is 4.31 Å². The molecule has 1 aliphatic rings. The van der Waals surface area contributed by atoms with Gasteiger partial charge in [0.25, 0.3) is 0 Å². The lowest BCUT2D eigenvalue weighted by atomic mass is 10.2. The molecule has 0 bridgehead atoms. The summed E-state index contributed by atoms with van der Waals surface area (Å²) in [5.74, 6) is 0.194. The summed E-state index contributed by atoms with van der Waals surface area (Å²) >= 11 is 0. The second-order valence-corrected chi connectivity index (χ2v) is 6.36. The highest BCUT2D eigenvalue weighted by molar-refractivity contribution is 7.89. The van der Waals surface area contributed by atoms with Crippen molar-refractivity contribution in [2.75, 3.05) is 12.3 Å². The number of nitrogens with zero attached hydrogens (tertiary/aromatic N) is 1. The van der Waals surface area contributed by atoms with Gasteiger partial charge in [0.15, 0.2) is 0 Å². The number of rotatable bonds is 4. The van der Waals surface area contributed by atoms with Crippen LogP contribution in [0.1, 0.15) is 26.7 Å². The van der Waals surface area contributed by atoms with Gasteiger partial charge in [-0.05, 0) is 18.8 Å². The third-order valence-electron chi connectivity index (χ3n) is 2.46. The molecule has 0 amide bonds. The molecule has 0 radical (unpaired) electrons. The lowest BCUT2D eigenvalue weighted by molar-refractivity contribution is 0.437. The molecule has 0 saturated carbocycles. The van der Waals surface area contributed by atoms with Crippen LogP contribution in [0.15, 0.2) is 0 Å². The Morgan fingerprint density at radius 1 is 1.60 bits per heavy atom. The summed E-state index contributed by atoms with van der Waals surface area (Å²) in [5.41, 5.74) is 5.39. The van der Waals surface area contributed by atoms with Crippen LogP contribution in [0.4, 0.5) is 0 Å². The maximum absolute atomic E-state index is 11.9. The highest BCUT2D eigenvalue weighted by Crippen LogP contribution is 2.22. The SMILES string of the molecule is CC(C)CS(=O)(=O)N1CCCC1C(=N)N. The number of nitrogens with one attached hydrogen (secondary N) is 1. The molecule has 6 heteroatoms. The molecular formula is C9H19N3O2S. The molecule has 1 fully saturated rings. The van der Waals surface area contributed by atoms with E-state index in [-0.39, 0.29) is 17.5 Å². The predicted molar refractivity (Wildman–Crippen MR) is 60.3 cm³/mol. The number of sulfonamides is 1. The lowest BCUT2D eigenvalue weighted by Crippen LogP contribution is -2.44. The van der Waals surface area contributed by atoms with Crippen LogP contribution >= 0.6 is 0 Å². The number of amidine groups is 1. The van der Waals surface area contributed by atoms with Crippen molar-refractivity contribution in [3.63, 3.8) is 0 Å². The van der Waals surface area contributed by atoms with E-state index in [1.165, 1.54) is 4.31 Å². The molecule has 3 N–H and O–H groups in total. The maximum Gasteiger partial charge on any atom is 0.215 e. The van der Waals surface area contributed by atoms with Gasteiger partial charge in [-0.15, -0.1) is 0 Å². The summed E-state index contributed by atoms with van der Waals surface area (Å²) in [6.45, 7) is 4.24. The Labute approximate surface area is 91.2 Å². The Morgan fingerprint density at radius 2 is 2.20 bits per heavy atom. The van der Waals surface area contributed by atoms with Crippen LogP contribution in [0, 0.1) is 11.3 Å². The lowest BCUT2D eigenvalue weighted by Gasteiger charge is -2.23. The second kappa shape index (κ2) is 4.49. The van der Waals surface area contributed by atoms with Crippen molar-refractivity contribution in [3.05, 3.63) is 0 Å². The van der Waals surface area contributed by atoms with Gasteiger partial charge in [-0.25, -0.2) is 8.42 Å². The zero-order valence-corrected chi connectivity index (χ0v) is 10.0. The van der Waals surface area contributed by atoms with Gasteiger partial charge in [0, 0.05) is 6.54 Å². The molecule has 1 unspecified atom stereocenters. The molecule has 5 nitrogen and oxygen atoms in total. The molecule has 1 heterocycles. The number of hydrogen-bond donors (Lipinski definition) is 2. The van der Waals surface area contributed by atoms with E-state index >= 15 is 0 Å². The van der Waals surface area contributed by atoms with E-state index in [2.05, 4.69) is 0 Å². The minimum atomic E-state index is -3.24.